The molecule has 0 aliphatic carbocycles. The second-order valence-corrected chi connectivity index (χ2v) is 8.31. The van der Waals surface area contributed by atoms with Gasteiger partial charge in [-0.15, -0.1) is 0 Å². The quantitative estimate of drug-likeness (QED) is 0.560. The third kappa shape index (κ3) is 5.47. The van der Waals surface area contributed by atoms with Crippen molar-refractivity contribution in [1.82, 2.24) is 15.5 Å². The van der Waals surface area contributed by atoms with Gasteiger partial charge in [0.1, 0.15) is 0 Å². The van der Waals surface area contributed by atoms with Crippen molar-refractivity contribution < 1.29 is 4.79 Å². The van der Waals surface area contributed by atoms with E-state index in [9.17, 15) is 4.79 Å². The molecule has 1 aromatic carbocycles. The molecule has 1 atom stereocenters. The van der Waals surface area contributed by atoms with Gasteiger partial charge in [0.2, 0.25) is 5.91 Å². The number of likely N-dealkylation sites (tertiary alicyclic amines) is 1. The number of anilines is 1. The molecular weight excluding hydrogens is 350 g/mol. The molecule has 6 heteroatoms. The van der Waals surface area contributed by atoms with Gasteiger partial charge in [0, 0.05) is 51.4 Å². The molecular formula is C22H35N5O. The van der Waals surface area contributed by atoms with Gasteiger partial charge in [0.25, 0.3) is 0 Å². The van der Waals surface area contributed by atoms with E-state index >= 15 is 0 Å². The molecule has 0 aromatic heterocycles. The van der Waals surface area contributed by atoms with Crippen molar-refractivity contribution in [2.45, 2.75) is 52.1 Å². The number of carbonyl (C=O) groups excluding carboxylic acids is 1. The van der Waals surface area contributed by atoms with E-state index in [1.807, 2.05) is 24.1 Å². The Morgan fingerprint density at radius 3 is 2.61 bits per heavy atom. The fraction of sp³-hybridized carbons (Fsp3) is 0.636. The third-order valence-corrected chi connectivity index (χ3v) is 5.61. The van der Waals surface area contributed by atoms with E-state index in [-0.39, 0.29) is 5.91 Å². The van der Waals surface area contributed by atoms with Crippen LogP contribution >= 0.6 is 0 Å². The van der Waals surface area contributed by atoms with E-state index < -0.39 is 0 Å². The number of hydrogen-bond donors (Lipinski definition) is 2. The van der Waals surface area contributed by atoms with Gasteiger partial charge in [0.05, 0.1) is 0 Å². The zero-order valence-corrected chi connectivity index (χ0v) is 17.6. The van der Waals surface area contributed by atoms with Gasteiger partial charge < -0.3 is 15.5 Å². The van der Waals surface area contributed by atoms with Crippen molar-refractivity contribution in [3.8, 4) is 0 Å². The van der Waals surface area contributed by atoms with Gasteiger partial charge in [-0.1, -0.05) is 26.0 Å². The zero-order chi connectivity index (χ0) is 19.9. The standard InChI is InChI=1S/C22H35N5O/c1-17(2)16-26-12-4-6-20(26)15-25-22(23-3)24-14-18-8-10-19(11-9-18)27-13-5-7-21(27)28/h8-11,17,20H,4-7,12-16H2,1-3H3,(H2,23,24,25)/t20-/m1/s1. The fourth-order valence-corrected chi connectivity index (χ4v) is 4.17. The lowest BCUT2D eigenvalue weighted by molar-refractivity contribution is -0.117. The van der Waals surface area contributed by atoms with Crippen LogP contribution in [-0.4, -0.2) is 56.0 Å². The summed E-state index contributed by atoms with van der Waals surface area (Å²) in [6.45, 7) is 9.44. The molecule has 2 heterocycles. The first-order valence-electron chi connectivity index (χ1n) is 10.6. The number of amides is 1. The normalized spacial score (nSPS) is 21.0. The predicted molar refractivity (Wildman–Crippen MR) is 116 cm³/mol. The Kier molecular flexibility index (Phi) is 7.31. The Hall–Kier alpha value is -2.08. The van der Waals surface area contributed by atoms with Crippen LogP contribution in [0.5, 0.6) is 0 Å². The lowest BCUT2D eigenvalue weighted by atomic mass is 10.1. The van der Waals surface area contributed by atoms with Crippen molar-refractivity contribution in [2.75, 3.05) is 38.1 Å². The Bertz CT molecular complexity index is 670. The molecule has 2 aliphatic heterocycles. The minimum Gasteiger partial charge on any atom is -0.355 e. The third-order valence-electron chi connectivity index (χ3n) is 5.61. The van der Waals surface area contributed by atoms with Gasteiger partial charge in [-0.25, -0.2) is 0 Å². The Morgan fingerprint density at radius 1 is 1.18 bits per heavy atom. The number of aliphatic imine (C=N–C) groups is 1. The van der Waals surface area contributed by atoms with E-state index in [0.29, 0.717) is 24.9 Å². The molecule has 0 unspecified atom stereocenters. The fourth-order valence-electron chi connectivity index (χ4n) is 4.17. The molecule has 1 amide bonds. The maximum absolute atomic E-state index is 11.9. The maximum Gasteiger partial charge on any atom is 0.227 e. The first-order chi connectivity index (χ1) is 13.6. The molecule has 28 heavy (non-hydrogen) atoms. The highest BCUT2D eigenvalue weighted by Gasteiger charge is 2.25. The van der Waals surface area contributed by atoms with Gasteiger partial charge >= 0.3 is 0 Å². The monoisotopic (exact) mass is 385 g/mol. The number of hydrogen-bond acceptors (Lipinski definition) is 3. The minimum atomic E-state index is 0.230. The van der Waals surface area contributed by atoms with E-state index in [0.717, 1.165) is 31.2 Å². The van der Waals surface area contributed by atoms with Gasteiger partial charge in [-0.2, -0.15) is 0 Å². The SMILES string of the molecule is CN=C(NCc1ccc(N2CCCC2=O)cc1)NC[C@H]1CCCN1CC(C)C. The summed E-state index contributed by atoms with van der Waals surface area (Å²) in [6, 6.07) is 8.85. The lowest BCUT2D eigenvalue weighted by Gasteiger charge is -2.27. The molecule has 0 saturated carbocycles. The smallest absolute Gasteiger partial charge is 0.227 e. The molecule has 0 spiro atoms. The Balaban J connectivity index is 1.45. The van der Waals surface area contributed by atoms with Crippen molar-refractivity contribution in [3.05, 3.63) is 29.8 Å². The zero-order valence-electron chi connectivity index (χ0n) is 17.6. The summed E-state index contributed by atoms with van der Waals surface area (Å²) >= 11 is 0. The van der Waals surface area contributed by atoms with Crippen LogP contribution in [0.15, 0.2) is 29.3 Å². The van der Waals surface area contributed by atoms with Crippen LogP contribution in [0.2, 0.25) is 0 Å². The highest BCUT2D eigenvalue weighted by Crippen LogP contribution is 2.21. The predicted octanol–water partition coefficient (Wildman–Crippen LogP) is 2.60. The number of nitrogens with one attached hydrogen (secondary N) is 2. The second-order valence-electron chi connectivity index (χ2n) is 8.31. The number of nitrogens with zero attached hydrogens (tertiary/aromatic N) is 3. The summed E-state index contributed by atoms with van der Waals surface area (Å²) < 4.78 is 0. The van der Waals surface area contributed by atoms with E-state index in [1.165, 1.54) is 31.5 Å². The number of rotatable bonds is 7. The first-order valence-corrected chi connectivity index (χ1v) is 10.6. The van der Waals surface area contributed by atoms with Crippen molar-refractivity contribution in [1.29, 1.82) is 0 Å². The van der Waals surface area contributed by atoms with E-state index in [2.05, 4.69) is 46.5 Å². The van der Waals surface area contributed by atoms with Crippen LogP contribution in [0, 0.1) is 5.92 Å². The summed E-state index contributed by atoms with van der Waals surface area (Å²) in [4.78, 5) is 20.7. The largest absolute Gasteiger partial charge is 0.355 e. The summed E-state index contributed by atoms with van der Waals surface area (Å²) in [5.41, 5.74) is 2.18. The van der Waals surface area contributed by atoms with Crippen LogP contribution in [0.1, 0.15) is 45.1 Å². The van der Waals surface area contributed by atoms with Crippen LogP contribution in [0.25, 0.3) is 0 Å². The number of benzene rings is 1. The van der Waals surface area contributed by atoms with Crippen molar-refractivity contribution in [2.24, 2.45) is 10.9 Å². The van der Waals surface area contributed by atoms with Crippen molar-refractivity contribution >= 4 is 17.6 Å². The van der Waals surface area contributed by atoms with Crippen LogP contribution in [0.3, 0.4) is 0 Å². The van der Waals surface area contributed by atoms with E-state index in [1.54, 1.807) is 0 Å². The summed E-state index contributed by atoms with van der Waals surface area (Å²) in [5, 5.41) is 6.89. The van der Waals surface area contributed by atoms with Crippen LogP contribution < -0.4 is 15.5 Å². The van der Waals surface area contributed by atoms with Gasteiger partial charge in [-0.05, 0) is 49.4 Å². The highest BCUT2D eigenvalue weighted by atomic mass is 16.2. The summed E-state index contributed by atoms with van der Waals surface area (Å²) in [5.74, 6) is 1.78. The highest BCUT2D eigenvalue weighted by molar-refractivity contribution is 5.95. The average Bonchev–Trinajstić information content (AvgIpc) is 3.31. The number of guanidine groups is 1. The Morgan fingerprint density at radius 2 is 1.96 bits per heavy atom. The van der Waals surface area contributed by atoms with Crippen molar-refractivity contribution in [3.63, 3.8) is 0 Å². The topological polar surface area (TPSA) is 60.0 Å². The molecule has 3 rings (SSSR count). The molecule has 2 aliphatic rings. The minimum absolute atomic E-state index is 0.230. The molecule has 0 bridgehead atoms. The van der Waals surface area contributed by atoms with Crippen LogP contribution in [0.4, 0.5) is 5.69 Å². The summed E-state index contributed by atoms with van der Waals surface area (Å²) in [7, 11) is 1.82. The molecule has 1 aromatic rings. The number of carbonyl (C=O) groups is 1. The van der Waals surface area contributed by atoms with Gasteiger partial charge in [0.15, 0.2) is 5.96 Å². The summed E-state index contributed by atoms with van der Waals surface area (Å²) in [6.07, 6.45) is 4.17. The molecule has 154 valence electrons. The molecule has 2 saturated heterocycles. The van der Waals surface area contributed by atoms with Crippen LogP contribution in [-0.2, 0) is 11.3 Å². The average molecular weight is 386 g/mol. The first kappa shape index (κ1) is 20.6. The molecule has 2 N–H and O–H groups in total. The molecule has 2 fully saturated rings. The molecule has 6 nitrogen and oxygen atoms in total. The lowest BCUT2D eigenvalue weighted by Crippen LogP contribution is -2.45. The molecule has 0 radical (unpaired) electrons. The van der Waals surface area contributed by atoms with Gasteiger partial charge in [-0.3, -0.25) is 14.7 Å². The van der Waals surface area contributed by atoms with E-state index in [4.69, 9.17) is 0 Å². The second kappa shape index (κ2) is 9.92. The maximum atomic E-state index is 11.9. The Labute approximate surface area is 169 Å².